The van der Waals surface area contributed by atoms with Crippen molar-refractivity contribution < 1.29 is 49.6 Å². The number of aliphatic hydroxyl groups is 6. The molecule has 2 heterocycles. The lowest BCUT2D eigenvalue weighted by atomic mass is 9.94. The normalized spacial score (nSPS) is 48.5. The van der Waals surface area contributed by atoms with E-state index >= 15 is 0 Å². The van der Waals surface area contributed by atoms with Crippen LogP contribution < -0.4 is 0 Å². The van der Waals surface area contributed by atoms with E-state index in [0.717, 1.165) is 0 Å². The van der Waals surface area contributed by atoms with Crippen LogP contribution in [0, 0.1) is 0 Å². The van der Waals surface area contributed by atoms with E-state index in [1.54, 1.807) is 6.92 Å². The molecule has 0 aromatic heterocycles. The van der Waals surface area contributed by atoms with Crippen LogP contribution in [-0.2, 0) is 18.9 Å². The fraction of sp³-hybridized carbons (Fsp3) is 1.00. The number of ether oxygens (including phenoxy) is 4. The lowest BCUT2D eigenvalue weighted by Gasteiger charge is -2.44. The maximum Gasteiger partial charge on any atom is 0.114 e. The summed E-state index contributed by atoms with van der Waals surface area (Å²) >= 11 is 0. The van der Waals surface area contributed by atoms with Crippen LogP contribution in [0.3, 0.4) is 0 Å². The molecule has 25 heavy (non-hydrogen) atoms. The Morgan fingerprint density at radius 2 is 1.32 bits per heavy atom. The average molecular weight is 368 g/mol. The van der Waals surface area contributed by atoms with Crippen molar-refractivity contribution in [1.29, 1.82) is 0 Å². The Labute approximate surface area is 145 Å². The zero-order valence-corrected chi connectivity index (χ0v) is 14.2. The van der Waals surface area contributed by atoms with E-state index in [1.165, 1.54) is 7.11 Å². The molecule has 0 spiro atoms. The van der Waals surface area contributed by atoms with E-state index in [1.807, 2.05) is 0 Å². The Morgan fingerprint density at radius 3 is 1.88 bits per heavy atom. The Bertz CT molecular complexity index is 408. The molecule has 0 saturated carbocycles. The van der Waals surface area contributed by atoms with Crippen LogP contribution in [0.5, 0.6) is 0 Å². The second-order valence-corrected chi connectivity index (χ2v) is 6.42. The SMILES string of the molecule is CO[C@@H]1C(OC[C@H]2OC(CO)[C@H](O)[C@H](O)C2O)C(C)OC(CO)[C@@H]1O. The highest BCUT2D eigenvalue weighted by Gasteiger charge is 2.47. The van der Waals surface area contributed by atoms with Crippen molar-refractivity contribution in [3.8, 4) is 0 Å². The number of rotatable bonds is 6. The molecule has 0 aliphatic carbocycles. The summed E-state index contributed by atoms with van der Waals surface area (Å²) in [7, 11) is 1.39. The molecule has 2 rings (SSSR count). The molecule has 10 heteroatoms. The third kappa shape index (κ3) is 4.30. The van der Waals surface area contributed by atoms with Crippen molar-refractivity contribution in [2.75, 3.05) is 26.9 Å². The highest BCUT2D eigenvalue weighted by Crippen LogP contribution is 2.27. The van der Waals surface area contributed by atoms with Crippen LogP contribution in [0.25, 0.3) is 0 Å². The first-order valence-corrected chi connectivity index (χ1v) is 8.25. The summed E-state index contributed by atoms with van der Waals surface area (Å²) in [6, 6.07) is 0. The molecule has 148 valence electrons. The van der Waals surface area contributed by atoms with Gasteiger partial charge in [-0.15, -0.1) is 0 Å². The van der Waals surface area contributed by atoms with E-state index in [0.29, 0.717) is 0 Å². The van der Waals surface area contributed by atoms with Gasteiger partial charge in [0.2, 0.25) is 0 Å². The molecule has 2 fully saturated rings. The smallest absolute Gasteiger partial charge is 0.114 e. The first kappa shape index (κ1) is 20.9. The van der Waals surface area contributed by atoms with Crippen LogP contribution in [0.15, 0.2) is 0 Å². The molecule has 0 radical (unpaired) electrons. The van der Waals surface area contributed by atoms with Gasteiger partial charge in [-0.3, -0.25) is 0 Å². The number of hydrogen-bond acceptors (Lipinski definition) is 10. The third-order valence-corrected chi connectivity index (χ3v) is 4.79. The standard InChI is InChI=1S/C15H28O10/c1-6-14(15(22-2)12(20)8(4-17)24-6)23-5-9-11(19)13(21)10(18)7(3-16)25-9/h6-21H,3-5H2,1-2H3/t6?,7?,8?,9-,10+,11?,12+,13+,14?,15+/m1/s1. The van der Waals surface area contributed by atoms with Gasteiger partial charge in [-0.05, 0) is 6.92 Å². The molecule has 0 amide bonds. The van der Waals surface area contributed by atoms with Crippen molar-refractivity contribution in [3.63, 3.8) is 0 Å². The van der Waals surface area contributed by atoms with E-state index in [-0.39, 0.29) is 13.2 Å². The first-order chi connectivity index (χ1) is 11.8. The van der Waals surface area contributed by atoms with Gasteiger partial charge in [-0.2, -0.15) is 0 Å². The van der Waals surface area contributed by atoms with Crippen LogP contribution >= 0.6 is 0 Å². The molecule has 2 saturated heterocycles. The van der Waals surface area contributed by atoms with Crippen molar-refractivity contribution >= 4 is 0 Å². The zero-order chi connectivity index (χ0) is 18.7. The number of aliphatic hydroxyl groups excluding tert-OH is 6. The number of hydrogen-bond donors (Lipinski definition) is 6. The van der Waals surface area contributed by atoms with Crippen molar-refractivity contribution in [1.82, 2.24) is 0 Å². The quantitative estimate of drug-likeness (QED) is 0.276. The Balaban J connectivity index is 2.01. The van der Waals surface area contributed by atoms with Crippen molar-refractivity contribution in [3.05, 3.63) is 0 Å². The fourth-order valence-corrected chi connectivity index (χ4v) is 3.28. The lowest BCUT2D eigenvalue weighted by Crippen LogP contribution is -2.62. The molecule has 0 bridgehead atoms. The minimum absolute atomic E-state index is 0.184. The van der Waals surface area contributed by atoms with Gasteiger partial charge >= 0.3 is 0 Å². The fourth-order valence-electron chi connectivity index (χ4n) is 3.28. The predicted molar refractivity (Wildman–Crippen MR) is 81.7 cm³/mol. The van der Waals surface area contributed by atoms with Crippen LogP contribution in [0.2, 0.25) is 0 Å². The van der Waals surface area contributed by atoms with Gasteiger partial charge in [0.1, 0.15) is 54.9 Å². The van der Waals surface area contributed by atoms with Crippen molar-refractivity contribution in [2.24, 2.45) is 0 Å². The van der Waals surface area contributed by atoms with Gasteiger partial charge in [0.05, 0.1) is 25.9 Å². The van der Waals surface area contributed by atoms with Crippen LogP contribution in [-0.4, -0.2) is 119 Å². The molecule has 0 aromatic carbocycles. The van der Waals surface area contributed by atoms with E-state index in [9.17, 15) is 30.6 Å². The average Bonchev–Trinajstić information content (AvgIpc) is 2.61. The largest absolute Gasteiger partial charge is 0.394 e. The maximum absolute atomic E-state index is 10.2. The minimum Gasteiger partial charge on any atom is -0.394 e. The van der Waals surface area contributed by atoms with Gasteiger partial charge in [0.25, 0.3) is 0 Å². The van der Waals surface area contributed by atoms with Gasteiger partial charge < -0.3 is 49.6 Å². The van der Waals surface area contributed by atoms with Gasteiger partial charge in [0.15, 0.2) is 0 Å². The monoisotopic (exact) mass is 368 g/mol. The molecular weight excluding hydrogens is 340 g/mol. The number of methoxy groups -OCH3 is 1. The summed E-state index contributed by atoms with van der Waals surface area (Å²) in [6.45, 7) is 0.613. The highest BCUT2D eigenvalue weighted by molar-refractivity contribution is 4.95. The maximum atomic E-state index is 10.2. The van der Waals surface area contributed by atoms with Crippen LogP contribution in [0.1, 0.15) is 6.92 Å². The first-order valence-electron chi connectivity index (χ1n) is 8.25. The van der Waals surface area contributed by atoms with Gasteiger partial charge in [0, 0.05) is 7.11 Å². The van der Waals surface area contributed by atoms with E-state index in [4.69, 9.17) is 18.9 Å². The molecule has 2 aliphatic heterocycles. The summed E-state index contributed by atoms with van der Waals surface area (Å²) in [5, 5.41) is 58.2. The van der Waals surface area contributed by atoms with Gasteiger partial charge in [-0.25, -0.2) is 0 Å². The lowest BCUT2D eigenvalue weighted by molar-refractivity contribution is -0.270. The highest BCUT2D eigenvalue weighted by atomic mass is 16.6. The Morgan fingerprint density at radius 1 is 0.760 bits per heavy atom. The summed E-state index contributed by atoms with van der Waals surface area (Å²) < 4.78 is 21.8. The zero-order valence-electron chi connectivity index (χ0n) is 14.2. The predicted octanol–water partition coefficient (Wildman–Crippen LogP) is -3.63. The summed E-state index contributed by atoms with van der Waals surface area (Å²) in [5.41, 5.74) is 0. The molecule has 10 atom stereocenters. The van der Waals surface area contributed by atoms with Gasteiger partial charge in [-0.1, -0.05) is 0 Å². The van der Waals surface area contributed by atoms with Crippen molar-refractivity contribution in [2.45, 2.75) is 68.0 Å². The van der Waals surface area contributed by atoms with E-state index in [2.05, 4.69) is 0 Å². The molecule has 2 aliphatic rings. The third-order valence-electron chi connectivity index (χ3n) is 4.79. The molecular formula is C15H28O10. The Kier molecular flexibility index (Phi) is 7.52. The summed E-state index contributed by atoms with van der Waals surface area (Å²) in [5.74, 6) is 0. The van der Waals surface area contributed by atoms with E-state index < -0.39 is 67.6 Å². The topological polar surface area (TPSA) is 158 Å². The second kappa shape index (κ2) is 9.00. The minimum atomic E-state index is -1.48. The summed E-state index contributed by atoms with van der Waals surface area (Å²) in [6.07, 6.45) is -10.3. The molecule has 5 unspecified atom stereocenters. The van der Waals surface area contributed by atoms with Crippen LogP contribution in [0.4, 0.5) is 0 Å². The summed E-state index contributed by atoms with van der Waals surface area (Å²) in [4.78, 5) is 0. The second-order valence-electron chi connectivity index (χ2n) is 6.42. The molecule has 10 nitrogen and oxygen atoms in total. The Hall–Kier alpha value is -0.400. The molecule has 6 N–H and O–H groups in total. The molecule has 0 aromatic rings.